The SMILES string of the molecule is CC/C=C\C/C=C\C/C=C\C/C=C\C/C=C\CCCC(=O)OCC(COC(=O)CCCCCCC)OC(=O)CCCCCCCCCCCCCCC. The highest BCUT2D eigenvalue weighted by Crippen LogP contribution is 2.14. The molecule has 0 saturated heterocycles. The zero-order valence-corrected chi connectivity index (χ0v) is 34.5. The molecule has 0 N–H and O–H groups in total. The van der Waals surface area contributed by atoms with E-state index in [0.29, 0.717) is 19.3 Å². The Morgan fingerprint density at radius 2 is 0.736 bits per heavy atom. The molecule has 6 nitrogen and oxygen atoms in total. The maximum Gasteiger partial charge on any atom is 0.306 e. The number of carbonyl (C=O) groups excluding carboxylic acids is 3. The van der Waals surface area contributed by atoms with Crippen LogP contribution in [-0.4, -0.2) is 37.2 Å². The number of carbonyl (C=O) groups is 3. The summed E-state index contributed by atoms with van der Waals surface area (Å²) in [5, 5.41) is 0. The Balaban J connectivity index is 4.34. The van der Waals surface area contributed by atoms with Crippen LogP contribution in [0.3, 0.4) is 0 Å². The maximum atomic E-state index is 12.6. The lowest BCUT2D eigenvalue weighted by Crippen LogP contribution is -2.30. The topological polar surface area (TPSA) is 78.9 Å². The summed E-state index contributed by atoms with van der Waals surface area (Å²) in [7, 11) is 0. The molecule has 0 saturated carbocycles. The van der Waals surface area contributed by atoms with Crippen LogP contribution in [0.15, 0.2) is 60.8 Å². The zero-order chi connectivity index (χ0) is 38.7. The lowest BCUT2D eigenvalue weighted by Gasteiger charge is -2.18. The first-order valence-electron chi connectivity index (χ1n) is 21.8. The van der Waals surface area contributed by atoms with Gasteiger partial charge in [-0.1, -0.05) is 184 Å². The van der Waals surface area contributed by atoms with Crippen molar-refractivity contribution < 1.29 is 28.6 Å². The van der Waals surface area contributed by atoms with Gasteiger partial charge in [-0.05, 0) is 57.8 Å². The molecule has 0 aliphatic carbocycles. The monoisotopic (exact) mass is 741 g/mol. The second-order valence-electron chi connectivity index (χ2n) is 14.2. The largest absolute Gasteiger partial charge is 0.462 e. The average molecular weight is 741 g/mol. The van der Waals surface area contributed by atoms with Gasteiger partial charge in [0.25, 0.3) is 0 Å². The highest BCUT2D eigenvalue weighted by molar-refractivity contribution is 5.71. The minimum atomic E-state index is -0.788. The van der Waals surface area contributed by atoms with Gasteiger partial charge in [0.05, 0.1) is 0 Å². The first-order chi connectivity index (χ1) is 26.0. The summed E-state index contributed by atoms with van der Waals surface area (Å²) in [6, 6.07) is 0. The fourth-order valence-electron chi connectivity index (χ4n) is 5.77. The van der Waals surface area contributed by atoms with Crippen molar-refractivity contribution in [1.29, 1.82) is 0 Å². The van der Waals surface area contributed by atoms with Crippen LogP contribution in [-0.2, 0) is 28.6 Å². The molecule has 304 valence electrons. The Morgan fingerprint density at radius 1 is 0.396 bits per heavy atom. The molecule has 0 fully saturated rings. The van der Waals surface area contributed by atoms with Crippen molar-refractivity contribution >= 4 is 17.9 Å². The Hall–Kier alpha value is -2.89. The maximum absolute atomic E-state index is 12.6. The standard InChI is InChI=1S/C47H80O6/c1-4-7-10-13-15-17-19-21-22-23-24-26-27-29-31-34-37-40-46(49)52-43-44(42-51-45(48)39-36-33-12-9-6-3)53-47(50)41-38-35-32-30-28-25-20-18-16-14-11-8-5-2/h7,10,15,17,21-22,24,26,29,31,44H,4-6,8-9,11-14,16,18-20,23,25,27-28,30,32-43H2,1-3H3/b10-7-,17-15-,22-21-,26-24-,31-29-. The van der Waals surface area contributed by atoms with E-state index >= 15 is 0 Å². The van der Waals surface area contributed by atoms with Gasteiger partial charge < -0.3 is 14.2 Å². The van der Waals surface area contributed by atoms with Crippen molar-refractivity contribution in [3.8, 4) is 0 Å². The van der Waals surface area contributed by atoms with Crippen LogP contribution in [0.4, 0.5) is 0 Å². The van der Waals surface area contributed by atoms with Gasteiger partial charge in [-0.2, -0.15) is 0 Å². The van der Waals surface area contributed by atoms with Crippen LogP contribution < -0.4 is 0 Å². The van der Waals surface area contributed by atoms with Crippen molar-refractivity contribution in [3.05, 3.63) is 60.8 Å². The Bertz CT molecular complexity index is 991. The summed E-state index contributed by atoms with van der Waals surface area (Å²) >= 11 is 0. The third-order valence-corrected chi connectivity index (χ3v) is 9.04. The van der Waals surface area contributed by atoms with Crippen molar-refractivity contribution in [2.75, 3.05) is 13.2 Å². The molecule has 0 rings (SSSR count). The molecule has 1 unspecified atom stereocenters. The van der Waals surface area contributed by atoms with Crippen LogP contribution in [0.5, 0.6) is 0 Å². The van der Waals surface area contributed by atoms with Crippen molar-refractivity contribution in [2.45, 2.75) is 207 Å². The number of ether oxygens (including phenoxy) is 3. The number of unbranched alkanes of at least 4 members (excludes halogenated alkanes) is 17. The number of esters is 3. The van der Waals surface area contributed by atoms with Crippen LogP contribution >= 0.6 is 0 Å². The second kappa shape index (κ2) is 41.9. The lowest BCUT2D eigenvalue weighted by molar-refractivity contribution is -0.167. The van der Waals surface area contributed by atoms with Gasteiger partial charge in [0, 0.05) is 19.3 Å². The third-order valence-electron chi connectivity index (χ3n) is 9.04. The molecule has 0 spiro atoms. The van der Waals surface area contributed by atoms with Crippen molar-refractivity contribution in [2.24, 2.45) is 0 Å². The average Bonchev–Trinajstić information content (AvgIpc) is 3.15. The molecule has 0 bridgehead atoms. The quantitative estimate of drug-likeness (QED) is 0.0271. The van der Waals surface area contributed by atoms with E-state index in [-0.39, 0.29) is 37.5 Å². The molecular weight excluding hydrogens is 661 g/mol. The fourth-order valence-corrected chi connectivity index (χ4v) is 5.77. The van der Waals surface area contributed by atoms with Gasteiger partial charge in [-0.3, -0.25) is 14.4 Å². The number of allylic oxidation sites excluding steroid dienone is 10. The zero-order valence-electron chi connectivity index (χ0n) is 34.5. The third kappa shape index (κ3) is 40.1. The molecule has 0 aromatic rings. The predicted octanol–water partition coefficient (Wildman–Crippen LogP) is 13.7. The molecule has 0 aliphatic rings. The molecule has 0 aromatic heterocycles. The molecule has 0 radical (unpaired) electrons. The highest BCUT2D eigenvalue weighted by Gasteiger charge is 2.19. The molecule has 0 aliphatic heterocycles. The van der Waals surface area contributed by atoms with Gasteiger partial charge in [-0.25, -0.2) is 0 Å². The molecule has 0 heterocycles. The van der Waals surface area contributed by atoms with Crippen molar-refractivity contribution in [3.63, 3.8) is 0 Å². The van der Waals surface area contributed by atoms with E-state index in [4.69, 9.17) is 14.2 Å². The first-order valence-corrected chi connectivity index (χ1v) is 21.8. The van der Waals surface area contributed by atoms with E-state index in [9.17, 15) is 14.4 Å². The highest BCUT2D eigenvalue weighted by atomic mass is 16.6. The van der Waals surface area contributed by atoms with Gasteiger partial charge in [-0.15, -0.1) is 0 Å². The minimum absolute atomic E-state index is 0.0918. The Kier molecular flexibility index (Phi) is 39.6. The van der Waals surface area contributed by atoms with Gasteiger partial charge in [0.1, 0.15) is 13.2 Å². The van der Waals surface area contributed by atoms with E-state index in [0.717, 1.165) is 83.5 Å². The van der Waals surface area contributed by atoms with E-state index in [2.05, 4.69) is 81.5 Å². The van der Waals surface area contributed by atoms with Crippen LogP contribution in [0.25, 0.3) is 0 Å². The van der Waals surface area contributed by atoms with Crippen LogP contribution in [0.2, 0.25) is 0 Å². The molecular formula is C47H80O6. The molecule has 0 amide bonds. The van der Waals surface area contributed by atoms with Crippen molar-refractivity contribution in [1.82, 2.24) is 0 Å². The fraction of sp³-hybridized carbons (Fsp3) is 0.723. The lowest BCUT2D eigenvalue weighted by atomic mass is 10.0. The summed E-state index contributed by atoms with van der Waals surface area (Å²) in [6.45, 7) is 6.37. The number of hydrogen-bond donors (Lipinski definition) is 0. The number of hydrogen-bond acceptors (Lipinski definition) is 6. The molecule has 6 heteroatoms. The summed E-state index contributed by atoms with van der Waals surface area (Å²) in [5.41, 5.74) is 0. The van der Waals surface area contributed by atoms with Crippen LogP contribution in [0.1, 0.15) is 201 Å². The van der Waals surface area contributed by atoms with E-state index in [1.54, 1.807) is 0 Å². The minimum Gasteiger partial charge on any atom is -0.462 e. The van der Waals surface area contributed by atoms with Gasteiger partial charge in [0.15, 0.2) is 6.10 Å². The smallest absolute Gasteiger partial charge is 0.306 e. The molecule has 1 atom stereocenters. The summed E-state index contributed by atoms with van der Waals surface area (Å²) < 4.78 is 16.5. The summed E-state index contributed by atoms with van der Waals surface area (Å²) in [4.78, 5) is 37.4. The summed E-state index contributed by atoms with van der Waals surface area (Å²) in [5.74, 6) is -0.970. The normalized spacial score (nSPS) is 12.6. The van der Waals surface area contributed by atoms with Gasteiger partial charge in [0.2, 0.25) is 0 Å². The van der Waals surface area contributed by atoms with Gasteiger partial charge >= 0.3 is 17.9 Å². The number of rotatable bonds is 38. The van der Waals surface area contributed by atoms with E-state index < -0.39 is 6.10 Å². The second-order valence-corrected chi connectivity index (χ2v) is 14.2. The first kappa shape index (κ1) is 50.1. The van der Waals surface area contributed by atoms with E-state index in [1.807, 2.05) is 0 Å². The van der Waals surface area contributed by atoms with E-state index in [1.165, 1.54) is 70.6 Å². The summed E-state index contributed by atoms with van der Waals surface area (Å²) in [6.07, 6.45) is 49.5. The Morgan fingerprint density at radius 3 is 1.15 bits per heavy atom. The Labute approximate surface area is 326 Å². The molecule has 0 aromatic carbocycles. The molecule has 53 heavy (non-hydrogen) atoms. The predicted molar refractivity (Wildman–Crippen MR) is 224 cm³/mol. The van der Waals surface area contributed by atoms with Crippen LogP contribution in [0, 0.1) is 0 Å².